The smallest absolute Gasteiger partial charge is 0.263 e. The highest BCUT2D eigenvalue weighted by Crippen LogP contribution is 2.23. The molecule has 0 N–H and O–H groups in total. The average molecular weight is 363 g/mol. The molecule has 6 heteroatoms. The molecule has 6 nitrogen and oxygen atoms in total. The molecule has 2 aliphatic rings. The Hall–Kier alpha value is -3.02. The van der Waals surface area contributed by atoms with E-state index in [0.29, 0.717) is 16.6 Å². The molecule has 138 valence electrons. The van der Waals surface area contributed by atoms with Crippen LogP contribution in [0.3, 0.4) is 0 Å². The van der Waals surface area contributed by atoms with Gasteiger partial charge < -0.3 is 0 Å². The van der Waals surface area contributed by atoms with Crippen LogP contribution in [-0.4, -0.2) is 40.3 Å². The predicted molar refractivity (Wildman–Crippen MR) is 99.5 cm³/mol. The van der Waals surface area contributed by atoms with E-state index in [1.165, 1.54) is 36.9 Å². The number of nitrogens with zero attached hydrogens (tertiary/aromatic N) is 3. The summed E-state index contributed by atoms with van der Waals surface area (Å²) in [7, 11) is 1.44. The van der Waals surface area contributed by atoms with Crippen LogP contribution in [0.2, 0.25) is 0 Å². The molecule has 1 saturated carbocycles. The minimum Gasteiger partial charge on any atom is -0.277 e. The van der Waals surface area contributed by atoms with Crippen LogP contribution < -0.4 is 5.49 Å². The second-order valence-corrected chi connectivity index (χ2v) is 7.08. The molecule has 0 radical (unpaired) electrons. The zero-order valence-corrected chi connectivity index (χ0v) is 15.2. The van der Waals surface area contributed by atoms with Crippen LogP contribution in [0.1, 0.15) is 63.2 Å². The zero-order chi connectivity index (χ0) is 19.0. The Bertz CT molecular complexity index is 1000. The highest BCUT2D eigenvalue weighted by atomic mass is 16.2. The summed E-state index contributed by atoms with van der Waals surface area (Å²) in [5.41, 5.74) is 1.59. The zero-order valence-electron chi connectivity index (χ0n) is 15.2. The second kappa shape index (κ2) is 6.95. The average Bonchev–Trinajstić information content (AvgIpc) is 2.92. The molecule has 1 aromatic carbocycles. The SMILES string of the molecule is CN1C(=O)c2ccc(C(=O)n3ccccc3=NC3CCCCC3)cc2C1=O. The number of amides is 2. The molecule has 0 unspecified atom stereocenters. The number of benzene rings is 1. The van der Waals surface area contributed by atoms with Gasteiger partial charge in [0.1, 0.15) is 5.49 Å². The lowest BCUT2D eigenvalue weighted by Crippen LogP contribution is -2.29. The van der Waals surface area contributed by atoms with Crippen molar-refractivity contribution in [2.24, 2.45) is 4.99 Å². The first-order chi connectivity index (χ1) is 13.1. The van der Waals surface area contributed by atoms with Crippen molar-refractivity contribution in [2.45, 2.75) is 38.1 Å². The number of carbonyl (C=O) groups is 3. The second-order valence-electron chi connectivity index (χ2n) is 7.08. The Kier molecular flexibility index (Phi) is 4.48. The Morgan fingerprint density at radius 2 is 1.74 bits per heavy atom. The predicted octanol–water partition coefficient (Wildman–Crippen LogP) is 2.64. The van der Waals surface area contributed by atoms with Crippen LogP contribution in [0, 0.1) is 0 Å². The van der Waals surface area contributed by atoms with E-state index in [9.17, 15) is 14.4 Å². The Morgan fingerprint density at radius 1 is 1.00 bits per heavy atom. The van der Waals surface area contributed by atoms with E-state index in [2.05, 4.69) is 0 Å². The van der Waals surface area contributed by atoms with Gasteiger partial charge in [-0.25, -0.2) is 0 Å². The van der Waals surface area contributed by atoms with Gasteiger partial charge in [0.05, 0.1) is 17.2 Å². The summed E-state index contributed by atoms with van der Waals surface area (Å²) < 4.78 is 1.52. The van der Waals surface area contributed by atoms with E-state index < -0.39 is 0 Å². The fourth-order valence-corrected chi connectivity index (χ4v) is 3.74. The van der Waals surface area contributed by atoms with Gasteiger partial charge >= 0.3 is 0 Å². The molecular formula is C21H21N3O3. The monoisotopic (exact) mass is 363 g/mol. The fraction of sp³-hybridized carbons (Fsp3) is 0.333. The molecule has 1 aromatic heterocycles. The maximum Gasteiger partial charge on any atom is 0.263 e. The van der Waals surface area contributed by atoms with Crippen molar-refractivity contribution in [2.75, 3.05) is 7.05 Å². The fourth-order valence-electron chi connectivity index (χ4n) is 3.74. The third kappa shape index (κ3) is 3.12. The number of hydrogen-bond donors (Lipinski definition) is 0. The molecule has 2 heterocycles. The van der Waals surface area contributed by atoms with Crippen LogP contribution in [0.4, 0.5) is 0 Å². The van der Waals surface area contributed by atoms with Gasteiger partial charge in [0.15, 0.2) is 0 Å². The molecule has 0 saturated heterocycles. The number of rotatable bonds is 2. The topological polar surface area (TPSA) is 71.7 Å². The number of imide groups is 1. The molecule has 1 fully saturated rings. The van der Waals surface area contributed by atoms with E-state index in [1.807, 2.05) is 12.1 Å². The molecule has 0 atom stereocenters. The number of aromatic nitrogens is 1. The van der Waals surface area contributed by atoms with Crippen molar-refractivity contribution < 1.29 is 14.4 Å². The molecule has 0 spiro atoms. The van der Waals surface area contributed by atoms with Crippen LogP contribution in [0.15, 0.2) is 47.6 Å². The van der Waals surface area contributed by atoms with Crippen LogP contribution >= 0.6 is 0 Å². The van der Waals surface area contributed by atoms with Crippen LogP contribution in [0.25, 0.3) is 0 Å². The molecule has 2 amide bonds. The van der Waals surface area contributed by atoms with Gasteiger partial charge in [-0.05, 0) is 43.2 Å². The minimum absolute atomic E-state index is 0.244. The lowest BCUT2D eigenvalue weighted by molar-refractivity contribution is 0.0693. The van der Waals surface area contributed by atoms with Crippen molar-refractivity contribution >= 4 is 17.7 Å². The summed E-state index contributed by atoms with van der Waals surface area (Å²) in [5.74, 6) is -0.980. The Balaban J connectivity index is 1.72. The molecule has 27 heavy (non-hydrogen) atoms. The Morgan fingerprint density at radius 3 is 2.52 bits per heavy atom. The van der Waals surface area contributed by atoms with E-state index in [4.69, 9.17) is 4.99 Å². The normalized spacial score (nSPS) is 18.1. The third-order valence-electron chi connectivity index (χ3n) is 5.28. The van der Waals surface area contributed by atoms with Crippen LogP contribution in [-0.2, 0) is 0 Å². The van der Waals surface area contributed by atoms with Crippen molar-refractivity contribution in [3.8, 4) is 0 Å². The molecule has 2 aromatic rings. The van der Waals surface area contributed by atoms with E-state index in [1.54, 1.807) is 24.4 Å². The van der Waals surface area contributed by atoms with Crippen molar-refractivity contribution in [1.29, 1.82) is 0 Å². The van der Waals surface area contributed by atoms with Gasteiger partial charge in [0.25, 0.3) is 17.7 Å². The van der Waals surface area contributed by atoms with Gasteiger partial charge in [-0.15, -0.1) is 0 Å². The van der Waals surface area contributed by atoms with E-state index in [0.717, 1.165) is 17.7 Å². The van der Waals surface area contributed by atoms with Gasteiger partial charge in [-0.1, -0.05) is 25.3 Å². The number of hydrogen-bond acceptors (Lipinski definition) is 4. The highest BCUT2D eigenvalue weighted by molar-refractivity contribution is 6.21. The first-order valence-corrected chi connectivity index (χ1v) is 9.29. The van der Waals surface area contributed by atoms with E-state index in [-0.39, 0.29) is 29.3 Å². The van der Waals surface area contributed by atoms with Crippen molar-refractivity contribution in [3.05, 3.63) is 64.8 Å². The summed E-state index contributed by atoms with van der Waals surface area (Å²) in [5, 5.41) is 0. The van der Waals surface area contributed by atoms with Gasteiger partial charge in [0, 0.05) is 18.8 Å². The first kappa shape index (κ1) is 17.4. The lowest BCUT2D eigenvalue weighted by Gasteiger charge is -2.17. The van der Waals surface area contributed by atoms with Crippen LogP contribution in [0.5, 0.6) is 0 Å². The van der Waals surface area contributed by atoms with Gasteiger partial charge in [-0.2, -0.15) is 0 Å². The van der Waals surface area contributed by atoms with Crippen molar-refractivity contribution in [3.63, 3.8) is 0 Å². The maximum atomic E-state index is 13.1. The van der Waals surface area contributed by atoms with Gasteiger partial charge in [-0.3, -0.25) is 28.8 Å². The quantitative estimate of drug-likeness (QED) is 0.770. The van der Waals surface area contributed by atoms with Crippen molar-refractivity contribution in [1.82, 2.24) is 9.47 Å². The third-order valence-corrected chi connectivity index (χ3v) is 5.28. The van der Waals surface area contributed by atoms with Gasteiger partial charge in [0.2, 0.25) is 0 Å². The number of fused-ring (bicyclic) bond motifs is 1. The molecular weight excluding hydrogens is 342 g/mol. The molecule has 4 rings (SSSR count). The molecule has 0 bridgehead atoms. The van der Waals surface area contributed by atoms with E-state index >= 15 is 0 Å². The Labute approximate surface area is 157 Å². The summed E-state index contributed by atoms with van der Waals surface area (Å²) in [4.78, 5) is 43.2. The molecule has 1 aliphatic heterocycles. The number of pyridine rings is 1. The minimum atomic E-state index is -0.380. The number of carbonyl (C=O) groups excluding carboxylic acids is 3. The summed E-state index contributed by atoms with van der Waals surface area (Å²) >= 11 is 0. The summed E-state index contributed by atoms with van der Waals surface area (Å²) in [6, 6.07) is 10.4. The largest absolute Gasteiger partial charge is 0.277 e. The maximum absolute atomic E-state index is 13.1. The first-order valence-electron chi connectivity index (χ1n) is 9.29. The summed E-state index contributed by atoms with van der Waals surface area (Å²) in [6.07, 6.45) is 7.37. The highest BCUT2D eigenvalue weighted by Gasteiger charge is 2.33. The summed E-state index contributed by atoms with van der Waals surface area (Å²) in [6.45, 7) is 0. The lowest BCUT2D eigenvalue weighted by atomic mass is 9.96. The molecule has 1 aliphatic carbocycles. The standard InChI is InChI=1S/C21H21N3O3/c1-23-20(26)16-11-10-14(13-17(16)21(23)27)19(25)24-12-6-5-9-18(24)22-15-7-3-2-4-8-15/h5-6,9-13,15H,2-4,7-8H2,1H3.